The predicted molar refractivity (Wildman–Crippen MR) is 80.1 cm³/mol. The van der Waals surface area contributed by atoms with Crippen LogP contribution in [0, 0.1) is 0 Å². The summed E-state index contributed by atoms with van der Waals surface area (Å²) in [7, 11) is 0. The molecule has 2 aromatic rings. The van der Waals surface area contributed by atoms with Crippen LogP contribution in [-0.2, 0) is 21.9 Å². The second-order valence-electron chi connectivity index (χ2n) is 5.07. The number of amides is 2. The topological polar surface area (TPSA) is 58.2 Å². The Bertz CT molecular complexity index is 760. The fourth-order valence-corrected chi connectivity index (χ4v) is 1.92. The van der Waals surface area contributed by atoms with Gasteiger partial charge in [-0.1, -0.05) is 12.1 Å². The van der Waals surface area contributed by atoms with Gasteiger partial charge >= 0.3 is 24.2 Å². The van der Waals surface area contributed by atoms with Crippen LogP contribution in [0.1, 0.15) is 11.1 Å². The van der Waals surface area contributed by atoms with Gasteiger partial charge in [0.15, 0.2) is 0 Å². The zero-order valence-electron chi connectivity index (χ0n) is 12.7. The largest absolute Gasteiger partial charge is 0.416 e. The summed E-state index contributed by atoms with van der Waals surface area (Å²) in [6.45, 7) is 0. The van der Waals surface area contributed by atoms with Crippen molar-refractivity contribution in [1.29, 1.82) is 0 Å². The molecule has 0 unspecified atom stereocenters. The number of alkyl halides is 6. The second kappa shape index (κ2) is 7.06. The summed E-state index contributed by atoms with van der Waals surface area (Å²) in [6.07, 6.45) is -9.28. The van der Waals surface area contributed by atoms with Crippen molar-refractivity contribution in [2.75, 3.05) is 10.6 Å². The second-order valence-corrected chi connectivity index (χ2v) is 5.07. The standard InChI is InChI=1S/C16H10F6N2O2/c17-15(18,19)9-3-1-5-11(7-9)23-13(25)14(26)24-12-6-2-4-10(8-12)16(20,21)22/h1-8H,(H,23,25)(H,24,26). The van der Waals surface area contributed by atoms with Crippen molar-refractivity contribution in [2.24, 2.45) is 0 Å². The first kappa shape index (κ1) is 19.3. The van der Waals surface area contributed by atoms with Crippen LogP contribution in [-0.4, -0.2) is 11.8 Å². The van der Waals surface area contributed by atoms with Gasteiger partial charge in [-0.15, -0.1) is 0 Å². The molecule has 4 nitrogen and oxygen atoms in total. The zero-order valence-corrected chi connectivity index (χ0v) is 12.7. The molecule has 2 amide bonds. The van der Waals surface area contributed by atoms with E-state index in [0.717, 1.165) is 36.4 Å². The summed E-state index contributed by atoms with van der Waals surface area (Å²) in [5.74, 6) is -2.66. The third kappa shape index (κ3) is 4.98. The van der Waals surface area contributed by atoms with Crippen LogP contribution in [0.3, 0.4) is 0 Å². The van der Waals surface area contributed by atoms with Gasteiger partial charge in [-0.05, 0) is 36.4 Å². The van der Waals surface area contributed by atoms with Crippen LogP contribution < -0.4 is 10.6 Å². The number of nitrogens with one attached hydrogen (secondary N) is 2. The number of rotatable bonds is 2. The molecule has 0 fully saturated rings. The predicted octanol–water partition coefficient (Wildman–Crippen LogP) is 4.30. The van der Waals surface area contributed by atoms with E-state index in [1.807, 2.05) is 10.6 Å². The summed E-state index contributed by atoms with van der Waals surface area (Å²) in [5.41, 5.74) is -2.64. The maximum absolute atomic E-state index is 12.6. The minimum atomic E-state index is -4.64. The van der Waals surface area contributed by atoms with Crippen molar-refractivity contribution in [2.45, 2.75) is 12.4 Å². The molecule has 0 radical (unpaired) electrons. The van der Waals surface area contributed by atoms with E-state index in [-0.39, 0.29) is 11.4 Å². The average molecular weight is 376 g/mol. The molecule has 0 aliphatic heterocycles. The minimum absolute atomic E-state index is 0.288. The van der Waals surface area contributed by atoms with Gasteiger partial charge in [0.1, 0.15) is 0 Å². The van der Waals surface area contributed by atoms with Gasteiger partial charge in [0, 0.05) is 11.4 Å². The van der Waals surface area contributed by atoms with Gasteiger partial charge in [-0.3, -0.25) is 9.59 Å². The number of benzene rings is 2. The van der Waals surface area contributed by atoms with Crippen LogP contribution in [0.2, 0.25) is 0 Å². The summed E-state index contributed by atoms with van der Waals surface area (Å²) >= 11 is 0. The number of halogens is 6. The molecule has 0 heterocycles. The molecular formula is C16H10F6N2O2. The smallest absolute Gasteiger partial charge is 0.318 e. The molecule has 26 heavy (non-hydrogen) atoms. The van der Waals surface area contributed by atoms with Crippen LogP contribution >= 0.6 is 0 Å². The van der Waals surface area contributed by atoms with Crippen LogP contribution in [0.15, 0.2) is 48.5 Å². The van der Waals surface area contributed by atoms with E-state index in [0.29, 0.717) is 12.1 Å². The Morgan fingerprint density at radius 2 is 1.00 bits per heavy atom. The third-order valence-corrected chi connectivity index (χ3v) is 3.10. The molecule has 0 saturated carbocycles. The van der Waals surface area contributed by atoms with Gasteiger partial charge in [0.25, 0.3) is 0 Å². The fourth-order valence-electron chi connectivity index (χ4n) is 1.92. The number of hydrogen-bond acceptors (Lipinski definition) is 2. The lowest BCUT2D eigenvalue weighted by molar-refractivity contribution is -0.138. The fraction of sp³-hybridized carbons (Fsp3) is 0.125. The lowest BCUT2D eigenvalue weighted by atomic mass is 10.2. The van der Waals surface area contributed by atoms with E-state index in [1.165, 1.54) is 0 Å². The normalized spacial score (nSPS) is 11.8. The van der Waals surface area contributed by atoms with Crippen molar-refractivity contribution >= 4 is 23.2 Å². The van der Waals surface area contributed by atoms with E-state index < -0.39 is 35.3 Å². The first-order valence-electron chi connectivity index (χ1n) is 6.93. The molecule has 2 N–H and O–H groups in total. The van der Waals surface area contributed by atoms with Crippen LogP contribution in [0.5, 0.6) is 0 Å². The average Bonchev–Trinajstić information content (AvgIpc) is 2.53. The molecule has 10 heteroatoms. The van der Waals surface area contributed by atoms with E-state index in [2.05, 4.69) is 0 Å². The number of anilines is 2. The Morgan fingerprint density at radius 1 is 0.654 bits per heavy atom. The van der Waals surface area contributed by atoms with E-state index in [9.17, 15) is 35.9 Å². The van der Waals surface area contributed by atoms with Crippen molar-refractivity contribution < 1.29 is 35.9 Å². The Balaban J connectivity index is 2.08. The molecule has 2 aromatic carbocycles. The SMILES string of the molecule is O=C(Nc1cccc(C(F)(F)F)c1)C(=O)Nc1cccc(C(F)(F)F)c1. The highest BCUT2D eigenvalue weighted by atomic mass is 19.4. The molecule has 0 aromatic heterocycles. The quantitative estimate of drug-likeness (QED) is 0.607. The van der Waals surface area contributed by atoms with Crippen molar-refractivity contribution in [3.05, 3.63) is 59.7 Å². The monoisotopic (exact) mass is 376 g/mol. The summed E-state index contributed by atoms with van der Waals surface area (Å²) in [6, 6.07) is 7.11. The lowest BCUT2D eigenvalue weighted by Gasteiger charge is -2.11. The Morgan fingerprint density at radius 3 is 1.31 bits per heavy atom. The highest BCUT2D eigenvalue weighted by Crippen LogP contribution is 2.31. The third-order valence-electron chi connectivity index (χ3n) is 3.10. The molecule has 0 aliphatic rings. The molecular weight excluding hydrogens is 366 g/mol. The molecule has 0 atom stereocenters. The summed E-state index contributed by atoms with van der Waals surface area (Å²) in [4.78, 5) is 23.5. The van der Waals surface area contributed by atoms with Gasteiger partial charge in [-0.25, -0.2) is 0 Å². The Hall–Kier alpha value is -3.04. The molecule has 0 saturated heterocycles. The maximum atomic E-state index is 12.6. The van der Waals surface area contributed by atoms with Crippen molar-refractivity contribution in [3.63, 3.8) is 0 Å². The van der Waals surface area contributed by atoms with E-state index >= 15 is 0 Å². The zero-order chi connectivity index (χ0) is 19.5. The van der Waals surface area contributed by atoms with Crippen LogP contribution in [0.25, 0.3) is 0 Å². The van der Waals surface area contributed by atoms with Gasteiger partial charge in [0.2, 0.25) is 0 Å². The van der Waals surface area contributed by atoms with E-state index in [1.54, 1.807) is 0 Å². The molecule has 2 rings (SSSR count). The number of carbonyl (C=O) groups is 2. The first-order valence-corrected chi connectivity index (χ1v) is 6.93. The lowest BCUT2D eigenvalue weighted by Crippen LogP contribution is -2.29. The number of hydrogen-bond donors (Lipinski definition) is 2. The van der Waals surface area contributed by atoms with Gasteiger partial charge < -0.3 is 10.6 Å². The number of carbonyl (C=O) groups excluding carboxylic acids is 2. The Labute approximate surface area is 142 Å². The molecule has 0 aliphatic carbocycles. The first-order chi connectivity index (χ1) is 12.0. The summed E-state index contributed by atoms with van der Waals surface area (Å²) in [5, 5.41) is 3.89. The molecule has 0 spiro atoms. The Kier molecular flexibility index (Phi) is 5.24. The van der Waals surface area contributed by atoms with E-state index in [4.69, 9.17) is 0 Å². The van der Waals surface area contributed by atoms with Gasteiger partial charge in [-0.2, -0.15) is 26.3 Å². The molecule has 138 valence electrons. The van der Waals surface area contributed by atoms with Crippen molar-refractivity contribution in [1.82, 2.24) is 0 Å². The molecule has 0 bridgehead atoms. The van der Waals surface area contributed by atoms with Crippen molar-refractivity contribution in [3.8, 4) is 0 Å². The highest BCUT2D eigenvalue weighted by molar-refractivity contribution is 6.43. The highest BCUT2D eigenvalue weighted by Gasteiger charge is 2.31. The maximum Gasteiger partial charge on any atom is 0.416 e. The minimum Gasteiger partial charge on any atom is -0.318 e. The van der Waals surface area contributed by atoms with Gasteiger partial charge in [0.05, 0.1) is 11.1 Å². The van der Waals surface area contributed by atoms with Crippen LogP contribution in [0.4, 0.5) is 37.7 Å². The summed E-state index contributed by atoms with van der Waals surface area (Å²) < 4.78 is 75.6.